The van der Waals surface area contributed by atoms with Gasteiger partial charge < -0.3 is 9.47 Å². The van der Waals surface area contributed by atoms with Crippen molar-refractivity contribution in [2.24, 2.45) is 23.4 Å². The Morgan fingerprint density at radius 3 is 1.15 bits per heavy atom. The van der Waals surface area contributed by atoms with Gasteiger partial charge in [0.1, 0.15) is 0 Å². The van der Waals surface area contributed by atoms with Crippen LogP contribution in [0.25, 0.3) is 0 Å². The van der Waals surface area contributed by atoms with Gasteiger partial charge in [-0.2, -0.15) is 0 Å². The van der Waals surface area contributed by atoms with Crippen LogP contribution in [0, 0.1) is 0 Å². The van der Waals surface area contributed by atoms with E-state index in [1.807, 2.05) is 0 Å². The summed E-state index contributed by atoms with van der Waals surface area (Å²) in [6.45, 7) is 0. The third-order valence-corrected chi connectivity index (χ3v) is 1.78. The maximum atomic E-state index is 11.4. The van der Waals surface area contributed by atoms with E-state index >= 15 is 0 Å². The first-order chi connectivity index (χ1) is 9.40. The number of carbonyl (C=O) groups excluding carboxylic acids is 4. The van der Waals surface area contributed by atoms with E-state index in [1.165, 1.54) is 10.9 Å². The van der Waals surface area contributed by atoms with Crippen molar-refractivity contribution < 1.29 is 28.7 Å². The normalized spacial score (nSPS) is 12.4. The molecule has 0 spiro atoms. The minimum atomic E-state index is -1.97. The number of nitrogens with one attached hydrogen (secondary N) is 4. The number of ether oxygens (including phenoxy) is 2. The topological polar surface area (TPSA) is 239 Å². The molecule has 0 bridgehead atoms. The molecular weight excluding hydrogens is 280 g/mol. The third-order valence-electron chi connectivity index (χ3n) is 1.78. The minimum absolute atomic E-state index is 1.17. The van der Waals surface area contributed by atoms with Crippen molar-refractivity contribution in [2.75, 3.05) is 0 Å². The average molecular weight is 294 g/mol. The fourth-order valence-electron chi connectivity index (χ4n) is 0.969. The molecule has 2 unspecified atom stereocenters. The van der Waals surface area contributed by atoms with Crippen molar-refractivity contribution in [1.82, 2.24) is 21.7 Å². The Morgan fingerprint density at radius 2 is 0.950 bits per heavy atom. The summed E-state index contributed by atoms with van der Waals surface area (Å²) in [6.07, 6.45) is -6.54. The molecule has 20 heavy (non-hydrogen) atoms. The summed E-state index contributed by atoms with van der Waals surface area (Å²) in [5.41, 5.74) is 6.25. The Morgan fingerprint density at radius 1 is 0.650 bits per heavy atom. The second-order valence-electron chi connectivity index (χ2n) is 2.96. The Balaban J connectivity index is 5.26. The predicted molar refractivity (Wildman–Crippen MR) is 59.8 cm³/mol. The van der Waals surface area contributed by atoms with Crippen molar-refractivity contribution in [1.29, 1.82) is 0 Å². The van der Waals surface area contributed by atoms with Crippen LogP contribution < -0.4 is 45.1 Å². The molecule has 0 aliphatic carbocycles. The molecule has 12 N–H and O–H groups in total. The number of carbonyl (C=O) groups is 4. The summed E-state index contributed by atoms with van der Waals surface area (Å²) in [5, 5.41) is 0. The molecule has 0 aromatic rings. The zero-order chi connectivity index (χ0) is 15.7. The number of hydrogen-bond acceptors (Lipinski definition) is 10. The van der Waals surface area contributed by atoms with E-state index in [9.17, 15) is 19.2 Å². The van der Waals surface area contributed by atoms with Gasteiger partial charge in [0.05, 0.1) is 0 Å². The van der Waals surface area contributed by atoms with E-state index in [1.54, 1.807) is 10.9 Å². The van der Waals surface area contributed by atoms with Crippen molar-refractivity contribution in [3.05, 3.63) is 0 Å². The molecule has 0 aliphatic heterocycles. The lowest BCUT2D eigenvalue weighted by atomic mass is 10.2. The van der Waals surface area contributed by atoms with Gasteiger partial charge in [-0.05, 0) is 0 Å². The Labute approximate surface area is 111 Å². The van der Waals surface area contributed by atoms with Gasteiger partial charge in [0.2, 0.25) is 12.2 Å². The molecular formula is C6H14N8O6. The highest BCUT2D eigenvalue weighted by molar-refractivity contribution is 5.93. The Kier molecular flexibility index (Phi) is 7.30. The molecule has 0 fully saturated rings. The SMILES string of the molecule is NNC(=O)OC(C(=O)NN)C(OC(=O)NN)C(=O)NN. The number of hydrogen-bond donors (Lipinski definition) is 8. The highest BCUT2D eigenvalue weighted by Gasteiger charge is 2.40. The van der Waals surface area contributed by atoms with Crippen LogP contribution in [0.15, 0.2) is 0 Å². The lowest BCUT2D eigenvalue weighted by Crippen LogP contribution is -2.57. The molecule has 2 atom stereocenters. The standard InChI is InChI=1S/C6H14N8O6/c7-11-3(15)1(19-5(17)13-9)2(4(16)12-8)20-6(18)14-10/h1-2H,7-10H2,(H,11,15)(H,12,16)(H,13,17)(H,14,18). The van der Waals surface area contributed by atoms with Crippen LogP contribution in [0.1, 0.15) is 0 Å². The summed E-state index contributed by atoms with van der Waals surface area (Å²) in [6, 6.07) is 0. The molecule has 0 rings (SSSR count). The highest BCUT2D eigenvalue weighted by Crippen LogP contribution is 2.06. The van der Waals surface area contributed by atoms with E-state index in [4.69, 9.17) is 23.4 Å². The van der Waals surface area contributed by atoms with Crippen molar-refractivity contribution in [3.8, 4) is 0 Å². The fourth-order valence-corrected chi connectivity index (χ4v) is 0.969. The largest absolute Gasteiger partial charge is 0.430 e. The van der Waals surface area contributed by atoms with Gasteiger partial charge >= 0.3 is 12.2 Å². The second kappa shape index (κ2) is 8.43. The molecule has 14 nitrogen and oxygen atoms in total. The van der Waals surface area contributed by atoms with Gasteiger partial charge in [-0.15, -0.1) is 0 Å². The van der Waals surface area contributed by atoms with Gasteiger partial charge in [-0.1, -0.05) is 0 Å². The molecule has 0 saturated heterocycles. The van der Waals surface area contributed by atoms with Crippen LogP contribution in [0.5, 0.6) is 0 Å². The van der Waals surface area contributed by atoms with Crippen LogP contribution in [-0.2, 0) is 19.1 Å². The van der Waals surface area contributed by atoms with E-state index in [-0.39, 0.29) is 0 Å². The predicted octanol–water partition coefficient (Wildman–Crippen LogP) is -5.10. The molecule has 0 aliphatic rings. The van der Waals surface area contributed by atoms with Crippen molar-refractivity contribution >= 4 is 24.0 Å². The van der Waals surface area contributed by atoms with Crippen LogP contribution in [0.4, 0.5) is 9.59 Å². The molecule has 114 valence electrons. The van der Waals surface area contributed by atoms with Crippen molar-refractivity contribution in [2.45, 2.75) is 12.2 Å². The van der Waals surface area contributed by atoms with Crippen LogP contribution >= 0.6 is 0 Å². The van der Waals surface area contributed by atoms with E-state index in [0.717, 1.165) is 0 Å². The van der Waals surface area contributed by atoms with Gasteiger partial charge in [-0.25, -0.2) is 33.0 Å². The first kappa shape index (κ1) is 17.3. The second-order valence-corrected chi connectivity index (χ2v) is 2.96. The summed E-state index contributed by atoms with van der Waals surface area (Å²) in [7, 11) is 0. The lowest BCUT2D eigenvalue weighted by Gasteiger charge is -2.23. The number of amides is 4. The summed E-state index contributed by atoms with van der Waals surface area (Å²) in [4.78, 5) is 44.9. The molecule has 0 aromatic heterocycles. The van der Waals surface area contributed by atoms with E-state index in [0.29, 0.717) is 0 Å². The zero-order valence-corrected chi connectivity index (χ0v) is 9.91. The highest BCUT2D eigenvalue weighted by atomic mass is 16.6. The average Bonchev–Trinajstić information content (AvgIpc) is 2.48. The summed E-state index contributed by atoms with van der Waals surface area (Å²) >= 11 is 0. The fraction of sp³-hybridized carbons (Fsp3) is 0.333. The van der Waals surface area contributed by atoms with Gasteiger partial charge in [0.25, 0.3) is 11.8 Å². The van der Waals surface area contributed by atoms with Crippen LogP contribution in [0.2, 0.25) is 0 Å². The summed E-state index contributed by atoms with van der Waals surface area (Å²) < 4.78 is 8.91. The maximum absolute atomic E-state index is 11.4. The van der Waals surface area contributed by atoms with E-state index < -0.39 is 36.2 Å². The smallest absolute Gasteiger partial charge is 0.422 e. The van der Waals surface area contributed by atoms with Gasteiger partial charge in [0, 0.05) is 0 Å². The number of rotatable bonds is 5. The summed E-state index contributed by atoms with van der Waals surface area (Å²) in [5.74, 6) is 16.8. The molecule has 0 saturated carbocycles. The third kappa shape index (κ3) is 4.90. The van der Waals surface area contributed by atoms with Crippen LogP contribution in [-0.4, -0.2) is 36.2 Å². The van der Waals surface area contributed by atoms with Crippen LogP contribution in [0.3, 0.4) is 0 Å². The quantitative estimate of drug-likeness (QED) is 0.136. The van der Waals surface area contributed by atoms with Gasteiger partial charge in [-0.3, -0.25) is 31.3 Å². The zero-order valence-electron chi connectivity index (χ0n) is 9.91. The minimum Gasteiger partial charge on any atom is -0.430 e. The number of nitrogens with two attached hydrogens (primary N) is 4. The van der Waals surface area contributed by atoms with E-state index in [2.05, 4.69) is 9.47 Å². The first-order valence-electron chi connectivity index (χ1n) is 4.76. The maximum Gasteiger partial charge on any atom is 0.422 e. The molecule has 0 radical (unpaired) electrons. The van der Waals surface area contributed by atoms with Crippen molar-refractivity contribution in [3.63, 3.8) is 0 Å². The first-order valence-corrected chi connectivity index (χ1v) is 4.76. The Hall–Kier alpha value is -2.68. The number of hydrazine groups is 4. The Bertz CT molecular complexity index is 352. The van der Waals surface area contributed by atoms with Gasteiger partial charge in [0.15, 0.2) is 0 Å². The molecule has 14 heteroatoms. The molecule has 0 aromatic carbocycles. The monoisotopic (exact) mass is 294 g/mol. The molecule has 4 amide bonds. The lowest BCUT2D eigenvalue weighted by molar-refractivity contribution is -0.146. The molecule has 0 heterocycles.